The van der Waals surface area contributed by atoms with Crippen LogP contribution in [0.3, 0.4) is 0 Å². The van der Waals surface area contributed by atoms with Crippen molar-refractivity contribution in [3.05, 3.63) is 40.4 Å². The number of phenols is 1. The molecule has 0 aliphatic carbocycles. The summed E-state index contributed by atoms with van der Waals surface area (Å²) in [5, 5.41) is 21.8. The largest absolute Gasteiger partial charge is 0.507 e. The van der Waals surface area contributed by atoms with Gasteiger partial charge in [0.05, 0.1) is 10.5 Å². The number of aromatic nitrogens is 3. The molecule has 1 heterocycles. The van der Waals surface area contributed by atoms with Crippen LogP contribution in [0.25, 0.3) is 22.2 Å². The van der Waals surface area contributed by atoms with Crippen molar-refractivity contribution in [3.8, 4) is 16.9 Å². The molecule has 0 saturated heterocycles. The fourth-order valence-corrected chi connectivity index (χ4v) is 3.14. The SMILES string of the molecule is Cc1ccc(O)c(-c2c(Cl)c(C(C)(C)C)cc3[nH]nnc23)c1. The highest BCUT2D eigenvalue weighted by Gasteiger charge is 2.24. The number of nitrogens with one attached hydrogen (secondary N) is 1. The number of hydrogen-bond acceptors (Lipinski definition) is 3. The van der Waals surface area contributed by atoms with Gasteiger partial charge in [0.1, 0.15) is 11.3 Å². The second kappa shape index (κ2) is 4.99. The van der Waals surface area contributed by atoms with Crippen molar-refractivity contribution in [3.63, 3.8) is 0 Å². The second-order valence-electron chi connectivity index (χ2n) is 6.59. The first-order chi connectivity index (χ1) is 10.3. The summed E-state index contributed by atoms with van der Waals surface area (Å²) in [6, 6.07) is 7.43. The molecule has 1 aromatic heterocycles. The molecule has 2 aromatic carbocycles. The molecule has 0 aliphatic rings. The van der Waals surface area contributed by atoms with Crippen LogP contribution in [0.1, 0.15) is 31.9 Å². The van der Waals surface area contributed by atoms with Gasteiger partial charge in [0.15, 0.2) is 0 Å². The molecule has 0 fully saturated rings. The third kappa shape index (κ3) is 2.33. The molecule has 4 nitrogen and oxygen atoms in total. The fraction of sp³-hybridized carbons (Fsp3) is 0.294. The van der Waals surface area contributed by atoms with E-state index in [0.717, 1.165) is 22.2 Å². The number of hydrogen-bond donors (Lipinski definition) is 2. The highest BCUT2D eigenvalue weighted by Crippen LogP contribution is 2.43. The van der Waals surface area contributed by atoms with Gasteiger partial charge >= 0.3 is 0 Å². The maximum atomic E-state index is 10.3. The first-order valence-electron chi connectivity index (χ1n) is 7.13. The number of phenolic OH excluding ortho intramolecular Hbond substituents is 1. The Kier molecular flexibility index (Phi) is 3.37. The van der Waals surface area contributed by atoms with Crippen molar-refractivity contribution in [1.82, 2.24) is 15.4 Å². The van der Waals surface area contributed by atoms with E-state index >= 15 is 0 Å². The molecule has 0 bridgehead atoms. The van der Waals surface area contributed by atoms with Crippen LogP contribution in [0.2, 0.25) is 5.02 Å². The molecule has 0 amide bonds. The number of fused-ring (bicyclic) bond motifs is 1. The van der Waals surface area contributed by atoms with Crippen molar-refractivity contribution >= 4 is 22.6 Å². The Morgan fingerprint density at radius 1 is 1.18 bits per heavy atom. The van der Waals surface area contributed by atoms with Gasteiger partial charge in [-0.2, -0.15) is 0 Å². The first kappa shape index (κ1) is 14.9. The molecule has 3 rings (SSSR count). The van der Waals surface area contributed by atoms with Gasteiger partial charge in [-0.25, -0.2) is 0 Å². The normalized spacial score (nSPS) is 12.0. The van der Waals surface area contributed by atoms with Gasteiger partial charge < -0.3 is 5.11 Å². The van der Waals surface area contributed by atoms with E-state index in [0.29, 0.717) is 16.1 Å². The second-order valence-corrected chi connectivity index (χ2v) is 6.97. The minimum absolute atomic E-state index is 0.134. The lowest BCUT2D eigenvalue weighted by Crippen LogP contribution is -2.12. The zero-order valence-electron chi connectivity index (χ0n) is 13.0. The van der Waals surface area contributed by atoms with Crippen molar-refractivity contribution < 1.29 is 5.11 Å². The van der Waals surface area contributed by atoms with Crippen molar-refractivity contribution in [2.45, 2.75) is 33.1 Å². The Labute approximate surface area is 134 Å². The molecule has 114 valence electrons. The topological polar surface area (TPSA) is 61.8 Å². The summed E-state index contributed by atoms with van der Waals surface area (Å²) in [6.07, 6.45) is 0. The third-order valence-corrected chi connectivity index (χ3v) is 4.18. The summed E-state index contributed by atoms with van der Waals surface area (Å²) in [5.74, 6) is 0.183. The molecule has 2 N–H and O–H groups in total. The number of halogens is 1. The molecular formula is C17H18ClN3O. The number of benzene rings is 2. The van der Waals surface area contributed by atoms with E-state index in [-0.39, 0.29) is 11.2 Å². The number of aromatic amines is 1. The quantitative estimate of drug-likeness (QED) is 0.690. The summed E-state index contributed by atoms with van der Waals surface area (Å²) in [4.78, 5) is 0. The molecular weight excluding hydrogens is 298 g/mol. The van der Waals surface area contributed by atoms with Crippen LogP contribution in [0, 0.1) is 6.92 Å². The lowest BCUT2D eigenvalue weighted by Gasteiger charge is -2.22. The summed E-state index contributed by atoms with van der Waals surface area (Å²) in [7, 11) is 0. The Morgan fingerprint density at radius 2 is 1.91 bits per heavy atom. The molecule has 5 heteroatoms. The summed E-state index contributed by atoms with van der Waals surface area (Å²) in [6.45, 7) is 8.28. The maximum Gasteiger partial charge on any atom is 0.123 e. The number of aryl methyl sites for hydroxylation is 1. The predicted octanol–water partition coefficient (Wildman–Crippen LogP) is 4.59. The van der Waals surface area contributed by atoms with E-state index in [2.05, 4.69) is 36.2 Å². The van der Waals surface area contributed by atoms with E-state index in [9.17, 15) is 5.11 Å². The van der Waals surface area contributed by atoms with Crippen LogP contribution in [0.15, 0.2) is 24.3 Å². The van der Waals surface area contributed by atoms with Crippen molar-refractivity contribution in [2.24, 2.45) is 0 Å². The van der Waals surface area contributed by atoms with Crippen LogP contribution in [-0.4, -0.2) is 20.5 Å². The average Bonchev–Trinajstić information content (AvgIpc) is 2.88. The van der Waals surface area contributed by atoms with E-state index in [4.69, 9.17) is 11.6 Å². The first-order valence-corrected chi connectivity index (χ1v) is 7.50. The third-order valence-electron chi connectivity index (χ3n) is 3.79. The zero-order chi connectivity index (χ0) is 16.1. The highest BCUT2D eigenvalue weighted by atomic mass is 35.5. The van der Waals surface area contributed by atoms with E-state index < -0.39 is 0 Å². The van der Waals surface area contributed by atoms with Crippen molar-refractivity contribution in [1.29, 1.82) is 0 Å². The number of rotatable bonds is 1. The number of H-pyrrole nitrogens is 1. The van der Waals surface area contributed by atoms with Gasteiger partial charge in [0.2, 0.25) is 0 Å². The Morgan fingerprint density at radius 3 is 2.59 bits per heavy atom. The van der Waals surface area contributed by atoms with Gasteiger partial charge in [-0.1, -0.05) is 49.2 Å². The Hall–Kier alpha value is -2.07. The molecule has 0 aliphatic heterocycles. The molecule has 0 unspecified atom stereocenters. The van der Waals surface area contributed by atoms with Gasteiger partial charge in [-0.15, -0.1) is 5.10 Å². The van der Waals surface area contributed by atoms with Crippen LogP contribution in [0.4, 0.5) is 0 Å². The van der Waals surface area contributed by atoms with Gasteiger partial charge in [0.25, 0.3) is 0 Å². The smallest absolute Gasteiger partial charge is 0.123 e. The zero-order valence-corrected chi connectivity index (χ0v) is 13.8. The number of nitrogens with zero attached hydrogens (tertiary/aromatic N) is 2. The van der Waals surface area contributed by atoms with Crippen LogP contribution in [-0.2, 0) is 5.41 Å². The van der Waals surface area contributed by atoms with Crippen LogP contribution in [0.5, 0.6) is 5.75 Å². The molecule has 22 heavy (non-hydrogen) atoms. The average molecular weight is 316 g/mol. The predicted molar refractivity (Wildman–Crippen MR) is 89.4 cm³/mol. The van der Waals surface area contributed by atoms with E-state index in [1.54, 1.807) is 6.07 Å². The summed E-state index contributed by atoms with van der Waals surface area (Å²) >= 11 is 6.70. The molecule has 0 radical (unpaired) electrons. The maximum absolute atomic E-state index is 10.3. The fourth-order valence-electron chi connectivity index (χ4n) is 2.61. The summed E-state index contributed by atoms with van der Waals surface area (Å²) in [5.41, 5.74) is 4.77. The highest BCUT2D eigenvalue weighted by molar-refractivity contribution is 6.36. The minimum atomic E-state index is -0.134. The van der Waals surface area contributed by atoms with E-state index in [1.807, 2.05) is 25.1 Å². The monoisotopic (exact) mass is 315 g/mol. The molecule has 3 aromatic rings. The standard InChI is InChI=1S/C17H18ClN3O/c1-9-5-6-13(22)10(7-9)14-15(18)11(17(2,3)4)8-12-16(14)20-21-19-12/h5-8,22H,1-4H3,(H,19,20,21). The number of aromatic hydroxyl groups is 1. The Bertz CT molecular complexity index is 862. The lowest BCUT2D eigenvalue weighted by atomic mass is 9.84. The lowest BCUT2D eigenvalue weighted by molar-refractivity contribution is 0.477. The van der Waals surface area contributed by atoms with Crippen molar-refractivity contribution in [2.75, 3.05) is 0 Å². The molecule has 0 atom stereocenters. The van der Waals surface area contributed by atoms with Crippen LogP contribution >= 0.6 is 11.6 Å². The van der Waals surface area contributed by atoms with E-state index in [1.165, 1.54) is 0 Å². The summed E-state index contributed by atoms with van der Waals surface area (Å²) < 4.78 is 0. The Balaban J connectivity index is 2.44. The van der Waals surface area contributed by atoms with Gasteiger partial charge in [-0.3, -0.25) is 5.10 Å². The molecule has 0 spiro atoms. The van der Waals surface area contributed by atoms with Gasteiger partial charge in [-0.05, 0) is 36.1 Å². The molecule has 0 saturated carbocycles. The van der Waals surface area contributed by atoms with Crippen LogP contribution < -0.4 is 0 Å². The minimum Gasteiger partial charge on any atom is -0.507 e. The van der Waals surface area contributed by atoms with Gasteiger partial charge in [0, 0.05) is 11.1 Å².